The van der Waals surface area contributed by atoms with E-state index in [2.05, 4.69) is 25.1 Å². The molecule has 0 saturated carbocycles. The first-order chi connectivity index (χ1) is 8.95. The van der Waals surface area contributed by atoms with Crippen molar-refractivity contribution in [2.24, 2.45) is 0 Å². The van der Waals surface area contributed by atoms with Gasteiger partial charge in [0.1, 0.15) is 5.56 Å². The van der Waals surface area contributed by atoms with E-state index in [1.165, 1.54) is 25.1 Å². The molecule has 0 aliphatic heterocycles. The highest BCUT2D eigenvalue weighted by molar-refractivity contribution is 7.98. The Hall–Kier alpha value is -1.68. The Morgan fingerprint density at radius 1 is 1.37 bits per heavy atom. The average molecular weight is 301 g/mol. The molecular formula is C9H11N5O3S2. The van der Waals surface area contributed by atoms with Crippen LogP contribution in [0.1, 0.15) is 0 Å². The van der Waals surface area contributed by atoms with Gasteiger partial charge in [-0.2, -0.15) is 15.1 Å². The van der Waals surface area contributed by atoms with Gasteiger partial charge in [-0.05, 0) is 6.26 Å². The zero-order chi connectivity index (χ0) is 14.0. The Labute approximate surface area is 114 Å². The summed E-state index contributed by atoms with van der Waals surface area (Å²) in [5.74, 6) is 0.461. The number of nitrogens with zero attached hydrogens (tertiary/aromatic N) is 4. The van der Waals surface area contributed by atoms with E-state index in [0.29, 0.717) is 16.6 Å². The maximum Gasteiger partial charge on any atom is 0.243 e. The molecule has 102 valence electrons. The van der Waals surface area contributed by atoms with Gasteiger partial charge in [0, 0.05) is 12.5 Å². The van der Waals surface area contributed by atoms with Crippen molar-refractivity contribution in [1.29, 1.82) is 0 Å². The number of hydrogen-bond acceptors (Lipinski definition) is 8. The third-order valence-electron chi connectivity index (χ3n) is 2.16. The third-order valence-corrected chi connectivity index (χ3v) is 3.61. The van der Waals surface area contributed by atoms with Crippen LogP contribution in [-0.4, -0.2) is 53.2 Å². The molecular weight excluding hydrogens is 290 g/mol. The normalized spacial score (nSPS) is 11.5. The molecule has 8 nitrogen and oxygen atoms in total. The minimum atomic E-state index is -3.44. The lowest BCUT2D eigenvalue weighted by Gasteiger charge is -2.04. The van der Waals surface area contributed by atoms with Gasteiger partial charge >= 0.3 is 0 Å². The number of ether oxygens (including phenoxy) is 1. The largest absolute Gasteiger partial charge is 0.480 e. The molecule has 0 aromatic carbocycles. The minimum absolute atomic E-state index is 0.171. The Balaban J connectivity index is 2.50. The molecule has 0 aliphatic carbocycles. The number of aromatic nitrogens is 5. The molecule has 1 N–H and O–H groups in total. The molecule has 2 aromatic heterocycles. The Morgan fingerprint density at radius 2 is 2.11 bits per heavy atom. The summed E-state index contributed by atoms with van der Waals surface area (Å²) in [6.45, 7) is 0. The number of methoxy groups -OCH3 is 1. The van der Waals surface area contributed by atoms with E-state index >= 15 is 0 Å². The zero-order valence-corrected chi connectivity index (χ0v) is 12.0. The molecule has 0 atom stereocenters. The van der Waals surface area contributed by atoms with Crippen LogP contribution >= 0.6 is 11.8 Å². The van der Waals surface area contributed by atoms with Crippen LogP contribution in [0, 0.1) is 0 Å². The van der Waals surface area contributed by atoms with Gasteiger partial charge < -0.3 is 4.74 Å². The van der Waals surface area contributed by atoms with Crippen LogP contribution in [0.4, 0.5) is 0 Å². The van der Waals surface area contributed by atoms with Crippen molar-refractivity contribution < 1.29 is 13.2 Å². The molecule has 19 heavy (non-hydrogen) atoms. The predicted octanol–water partition coefficient (Wildman–Crippen LogP) is 0.396. The molecule has 0 fully saturated rings. The van der Waals surface area contributed by atoms with Gasteiger partial charge in [0.25, 0.3) is 0 Å². The number of thioether (sulfide) groups is 1. The molecule has 0 radical (unpaired) electrons. The molecule has 10 heteroatoms. The molecule has 0 aliphatic rings. The summed E-state index contributed by atoms with van der Waals surface area (Å²) in [5, 5.41) is 6.53. The standard InChI is InChI=1S/C9H11N5O3S2/c1-17-7-5(4-10-8(12-7)18-2)6-11-9(14-13-6)19(3,15)16/h4H,1-3H3,(H,11,13,14). The summed E-state index contributed by atoms with van der Waals surface area (Å²) in [5.41, 5.74) is 0.423. The minimum Gasteiger partial charge on any atom is -0.480 e. The number of nitrogens with one attached hydrogen (secondary N) is 1. The van der Waals surface area contributed by atoms with E-state index in [0.717, 1.165) is 6.26 Å². The van der Waals surface area contributed by atoms with Gasteiger partial charge in [0.15, 0.2) is 11.0 Å². The maximum absolute atomic E-state index is 11.3. The molecule has 2 aromatic rings. The molecule has 2 heterocycles. The van der Waals surface area contributed by atoms with Crippen LogP contribution < -0.4 is 4.74 Å². The molecule has 0 saturated heterocycles. The number of rotatable bonds is 4. The van der Waals surface area contributed by atoms with Crippen LogP contribution in [0.5, 0.6) is 5.88 Å². The van der Waals surface area contributed by atoms with Crippen molar-refractivity contribution in [1.82, 2.24) is 25.1 Å². The van der Waals surface area contributed by atoms with E-state index in [4.69, 9.17) is 4.74 Å². The summed E-state index contributed by atoms with van der Waals surface area (Å²) >= 11 is 1.36. The van der Waals surface area contributed by atoms with Gasteiger partial charge in [-0.3, -0.25) is 0 Å². The first-order valence-electron chi connectivity index (χ1n) is 5.03. The summed E-state index contributed by atoms with van der Waals surface area (Å²) < 4.78 is 27.8. The number of sulfone groups is 1. The van der Waals surface area contributed by atoms with Crippen molar-refractivity contribution in [2.45, 2.75) is 10.3 Å². The SMILES string of the molecule is COc1nc(SC)ncc1-c1n[nH]c(S(C)(=O)=O)n1. The zero-order valence-electron chi connectivity index (χ0n) is 10.4. The fourth-order valence-corrected chi connectivity index (χ4v) is 2.09. The van der Waals surface area contributed by atoms with Crippen LogP contribution in [0.25, 0.3) is 11.4 Å². The van der Waals surface area contributed by atoms with Crippen molar-refractivity contribution in [3.8, 4) is 17.3 Å². The Morgan fingerprint density at radius 3 is 2.63 bits per heavy atom. The van der Waals surface area contributed by atoms with Gasteiger partial charge in [-0.25, -0.2) is 18.5 Å². The summed E-state index contributed by atoms with van der Waals surface area (Å²) in [4.78, 5) is 12.1. The molecule has 0 amide bonds. The summed E-state index contributed by atoms with van der Waals surface area (Å²) in [7, 11) is -1.98. The predicted molar refractivity (Wildman–Crippen MR) is 68.9 cm³/mol. The average Bonchev–Trinajstić information content (AvgIpc) is 2.87. The van der Waals surface area contributed by atoms with E-state index in [1.807, 2.05) is 6.26 Å². The number of H-pyrrole nitrogens is 1. The van der Waals surface area contributed by atoms with Crippen LogP contribution in [0.15, 0.2) is 16.5 Å². The van der Waals surface area contributed by atoms with Crippen LogP contribution in [0.2, 0.25) is 0 Å². The van der Waals surface area contributed by atoms with Crippen LogP contribution in [-0.2, 0) is 9.84 Å². The lowest BCUT2D eigenvalue weighted by molar-refractivity contribution is 0.394. The van der Waals surface area contributed by atoms with E-state index in [9.17, 15) is 8.42 Å². The highest BCUT2D eigenvalue weighted by Crippen LogP contribution is 2.26. The van der Waals surface area contributed by atoms with Gasteiger partial charge in [-0.1, -0.05) is 11.8 Å². The number of aromatic amines is 1. The fraction of sp³-hybridized carbons (Fsp3) is 0.333. The Bertz CT molecular complexity index is 698. The van der Waals surface area contributed by atoms with Crippen molar-refractivity contribution >= 4 is 21.6 Å². The van der Waals surface area contributed by atoms with Gasteiger partial charge in [0.05, 0.1) is 7.11 Å². The second-order valence-corrected chi connectivity index (χ2v) is 6.22. The number of hydrogen-bond donors (Lipinski definition) is 1. The lowest BCUT2D eigenvalue weighted by Crippen LogP contribution is -1.99. The van der Waals surface area contributed by atoms with Gasteiger partial charge in [0.2, 0.25) is 20.9 Å². The van der Waals surface area contributed by atoms with Crippen LogP contribution in [0.3, 0.4) is 0 Å². The van der Waals surface area contributed by atoms with Gasteiger partial charge in [-0.15, -0.1) is 0 Å². The monoisotopic (exact) mass is 301 g/mol. The lowest BCUT2D eigenvalue weighted by atomic mass is 10.3. The first kappa shape index (κ1) is 13.7. The second-order valence-electron chi connectivity index (χ2n) is 3.52. The van der Waals surface area contributed by atoms with Crippen molar-refractivity contribution in [2.75, 3.05) is 19.6 Å². The Kier molecular flexibility index (Phi) is 3.71. The second kappa shape index (κ2) is 5.13. The van der Waals surface area contributed by atoms with E-state index in [-0.39, 0.29) is 11.0 Å². The summed E-state index contributed by atoms with van der Waals surface area (Å²) in [6.07, 6.45) is 4.37. The van der Waals surface area contributed by atoms with E-state index in [1.54, 1.807) is 0 Å². The first-order valence-corrected chi connectivity index (χ1v) is 8.15. The van der Waals surface area contributed by atoms with Crippen molar-refractivity contribution in [3.63, 3.8) is 0 Å². The molecule has 0 spiro atoms. The smallest absolute Gasteiger partial charge is 0.243 e. The maximum atomic E-state index is 11.3. The fourth-order valence-electron chi connectivity index (χ4n) is 1.29. The topological polar surface area (TPSA) is 111 Å². The molecule has 0 bridgehead atoms. The highest BCUT2D eigenvalue weighted by Gasteiger charge is 2.18. The van der Waals surface area contributed by atoms with E-state index < -0.39 is 9.84 Å². The molecule has 0 unspecified atom stereocenters. The molecule has 2 rings (SSSR count). The van der Waals surface area contributed by atoms with Crippen molar-refractivity contribution in [3.05, 3.63) is 6.20 Å². The quantitative estimate of drug-likeness (QED) is 0.638. The highest BCUT2D eigenvalue weighted by atomic mass is 32.2. The third kappa shape index (κ3) is 2.84. The summed E-state index contributed by atoms with van der Waals surface area (Å²) in [6, 6.07) is 0.